The van der Waals surface area contributed by atoms with Crippen molar-refractivity contribution in [3.63, 3.8) is 0 Å². The molecule has 0 saturated heterocycles. The Hall–Kier alpha value is -2.73. The quantitative estimate of drug-likeness (QED) is 0.132. The summed E-state index contributed by atoms with van der Waals surface area (Å²) < 4.78 is 0. The second-order valence-electron chi connectivity index (χ2n) is 9.14. The van der Waals surface area contributed by atoms with Gasteiger partial charge in [0.15, 0.2) is 0 Å². The van der Waals surface area contributed by atoms with Crippen molar-refractivity contribution in [2.75, 3.05) is 6.54 Å². The van der Waals surface area contributed by atoms with E-state index in [4.69, 9.17) is 16.6 Å². The van der Waals surface area contributed by atoms with Gasteiger partial charge in [0.2, 0.25) is 17.7 Å². The number of unbranched alkanes of at least 4 members (excludes halogenated alkanes) is 1. The molecule has 0 aromatic heterocycles. The molecule has 0 saturated carbocycles. The lowest BCUT2D eigenvalue weighted by atomic mass is 9.99. The number of carboxylic acid groups (broad SMARTS) is 2. The molecule has 9 N–H and O–H groups in total. The predicted molar refractivity (Wildman–Crippen MR) is 125 cm³/mol. The zero-order chi connectivity index (χ0) is 26.4. The van der Waals surface area contributed by atoms with Gasteiger partial charge in [0.05, 0.1) is 6.04 Å². The second-order valence-corrected chi connectivity index (χ2v) is 9.14. The molecule has 0 fully saturated rings. The Balaban J connectivity index is 5.48. The summed E-state index contributed by atoms with van der Waals surface area (Å²) in [5.74, 6) is -4.81. The van der Waals surface area contributed by atoms with Crippen LogP contribution in [0, 0.1) is 11.8 Å². The Morgan fingerprint density at radius 2 is 1.35 bits per heavy atom. The molecule has 0 aliphatic carbocycles. The van der Waals surface area contributed by atoms with Crippen molar-refractivity contribution in [2.24, 2.45) is 23.3 Å². The predicted octanol–water partition coefficient (Wildman–Crippen LogP) is -0.451. The van der Waals surface area contributed by atoms with Gasteiger partial charge in [-0.15, -0.1) is 0 Å². The van der Waals surface area contributed by atoms with Crippen LogP contribution in [0.5, 0.6) is 0 Å². The van der Waals surface area contributed by atoms with Gasteiger partial charge >= 0.3 is 11.9 Å². The normalized spacial score (nSPS) is 14.7. The van der Waals surface area contributed by atoms with Crippen LogP contribution in [0.3, 0.4) is 0 Å². The number of rotatable bonds is 17. The Labute approximate surface area is 200 Å². The first-order valence-electron chi connectivity index (χ1n) is 11.6. The van der Waals surface area contributed by atoms with Crippen LogP contribution >= 0.6 is 0 Å². The van der Waals surface area contributed by atoms with Crippen molar-refractivity contribution in [1.82, 2.24) is 16.0 Å². The van der Waals surface area contributed by atoms with Crippen LogP contribution < -0.4 is 27.4 Å². The molecule has 0 aliphatic heterocycles. The summed E-state index contributed by atoms with van der Waals surface area (Å²) in [6, 6.07) is -4.35. The van der Waals surface area contributed by atoms with Crippen LogP contribution in [0.2, 0.25) is 0 Å². The zero-order valence-corrected chi connectivity index (χ0v) is 20.5. The van der Waals surface area contributed by atoms with Crippen LogP contribution in [-0.4, -0.2) is 70.6 Å². The lowest BCUT2D eigenvalue weighted by Crippen LogP contribution is -2.57. The number of carbonyl (C=O) groups excluding carboxylic acids is 3. The lowest BCUT2D eigenvalue weighted by Gasteiger charge is -2.26. The van der Waals surface area contributed by atoms with Crippen LogP contribution in [0.15, 0.2) is 0 Å². The molecule has 0 aromatic carbocycles. The summed E-state index contributed by atoms with van der Waals surface area (Å²) in [6.07, 6.45) is 1.26. The van der Waals surface area contributed by atoms with Gasteiger partial charge in [0.25, 0.3) is 0 Å². The third kappa shape index (κ3) is 12.5. The lowest BCUT2D eigenvalue weighted by molar-refractivity contribution is -0.143. The van der Waals surface area contributed by atoms with E-state index in [0.717, 1.165) is 0 Å². The van der Waals surface area contributed by atoms with E-state index in [0.29, 0.717) is 25.8 Å². The SMILES string of the molecule is CC(C)CC(NC(=O)C(CCC(=O)O)NC(=O)C(N)CCCCN)C(=O)NC(C(=O)O)C(C)C. The van der Waals surface area contributed by atoms with Gasteiger partial charge in [0.1, 0.15) is 18.1 Å². The number of nitrogens with two attached hydrogens (primary N) is 2. The molecule has 4 atom stereocenters. The van der Waals surface area contributed by atoms with Crippen molar-refractivity contribution in [1.29, 1.82) is 0 Å². The standard InChI is InChI=1S/C22H41N5O7/c1-12(2)11-16(21(32)27-18(13(3)4)22(33)34)26-20(31)15(8-9-17(28)29)25-19(30)14(24)7-5-6-10-23/h12-16,18H,5-11,23-24H2,1-4H3,(H,25,30)(H,26,31)(H,27,32)(H,28,29)(H,33,34). The van der Waals surface area contributed by atoms with Crippen LogP contribution in [0.25, 0.3) is 0 Å². The minimum absolute atomic E-state index is 0.0265. The summed E-state index contributed by atoms with van der Waals surface area (Å²) in [5, 5.41) is 25.8. The Kier molecular flexibility index (Phi) is 14.7. The fourth-order valence-electron chi connectivity index (χ4n) is 3.20. The van der Waals surface area contributed by atoms with E-state index in [1.165, 1.54) is 0 Å². The van der Waals surface area contributed by atoms with E-state index in [2.05, 4.69) is 16.0 Å². The van der Waals surface area contributed by atoms with E-state index in [-0.39, 0.29) is 24.7 Å². The highest BCUT2D eigenvalue weighted by atomic mass is 16.4. The van der Waals surface area contributed by atoms with Gasteiger partial charge in [-0.25, -0.2) is 4.79 Å². The number of aliphatic carboxylic acids is 2. The van der Waals surface area contributed by atoms with Crippen molar-refractivity contribution >= 4 is 29.7 Å². The average Bonchev–Trinajstić information content (AvgIpc) is 2.72. The smallest absolute Gasteiger partial charge is 0.326 e. The number of hydrogen-bond donors (Lipinski definition) is 7. The fourth-order valence-corrected chi connectivity index (χ4v) is 3.20. The molecule has 0 heterocycles. The van der Waals surface area contributed by atoms with Gasteiger partial charge in [0, 0.05) is 6.42 Å². The van der Waals surface area contributed by atoms with Crippen LogP contribution in [0.4, 0.5) is 0 Å². The maximum absolute atomic E-state index is 13.0. The number of amides is 3. The first-order chi connectivity index (χ1) is 15.8. The first kappa shape index (κ1) is 31.3. The summed E-state index contributed by atoms with van der Waals surface area (Å²) in [7, 11) is 0. The minimum atomic E-state index is -1.23. The Morgan fingerprint density at radius 1 is 0.794 bits per heavy atom. The molecule has 0 aliphatic rings. The topological polar surface area (TPSA) is 214 Å². The Morgan fingerprint density at radius 3 is 1.82 bits per heavy atom. The van der Waals surface area contributed by atoms with E-state index in [1.54, 1.807) is 13.8 Å². The molecule has 12 nitrogen and oxygen atoms in total. The van der Waals surface area contributed by atoms with Gasteiger partial charge in [-0.2, -0.15) is 0 Å². The van der Waals surface area contributed by atoms with Gasteiger partial charge in [-0.1, -0.05) is 34.1 Å². The number of hydrogen-bond acceptors (Lipinski definition) is 7. The number of carbonyl (C=O) groups is 5. The molecule has 0 rings (SSSR count). The molecule has 3 amide bonds. The largest absolute Gasteiger partial charge is 0.481 e. The van der Waals surface area contributed by atoms with Crippen LogP contribution in [-0.2, 0) is 24.0 Å². The third-order valence-electron chi connectivity index (χ3n) is 5.16. The van der Waals surface area contributed by atoms with E-state index in [9.17, 15) is 29.1 Å². The molecule has 12 heteroatoms. The van der Waals surface area contributed by atoms with E-state index in [1.807, 2.05) is 13.8 Å². The van der Waals surface area contributed by atoms with Crippen molar-refractivity contribution in [2.45, 2.75) is 90.4 Å². The highest BCUT2D eigenvalue weighted by molar-refractivity contribution is 5.94. The second kappa shape index (κ2) is 16.0. The van der Waals surface area contributed by atoms with Crippen molar-refractivity contribution < 1.29 is 34.2 Å². The van der Waals surface area contributed by atoms with Crippen molar-refractivity contribution in [3.8, 4) is 0 Å². The zero-order valence-electron chi connectivity index (χ0n) is 20.5. The molecule has 4 unspecified atom stereocenters. The maximum Gasteiger partial charge on any atom is 0.326 e. The number of nitrogens with one attached hydrogen (secondary N) is 3. The highest BCUT2D eigenvalue weighted by Gasteiger charge is 2.31. The molecule has 196 valence electrons. The van der Waals surface area contributed by atoms with E-state index >= 15 is 0 Å². The molecular weight excluding hydrogens is 446 g/mol. The van der Waals surface area contributed by atoms with Gasteiger partial charge in [-0.3, -0.25) is 19.2 Å². The molecule has 0 spiro atoms. The molecule has 34 heavy (non-hydrogen) atoms. The fraction of sp³-hybridized carbons (Fsp3) is 0.773. The molecule has 0 bridgehead atoms. The molecule has 0 aromatic rings. The highest BCUT2D eigenvalue weighted by Crippen LogP contribution is 2.10. The van der Waals surface area contributed by atoms with Crippen LogP contribution in [0.1, 0.15) is 66.2 Å². The van der Waals surface area contributed by atoms with E-state index < -0.39 is 60.2 Å². The molecular formula is C22H41N5O7. The first-order valence-corrected chi connectivity index (χ1v) is 11.6. The maximum atomic E-state index is 13.0. The monoisotopic (exact) mass is 487 g/mol. The van der Waals surface area contributed by atoms with Gasteiger partial charge < -0.3 is 37.6 Å². The summed E-state index contributed by atoms with van der Waals surface area (Å²) in [5.41, 5.74) is 11.3. The van der Waals surface area contributed by atoms with Crippen molar-refractivity contribution in [3.05, 3.63) is 0 Å². The molecule has 0 radical (unpaired) electrons. The summed E-state index contributed by atoms with van der Waals surface area (Å²) in [4.78, 5) is 60.7. The summed E-state index contributed by atoms with van der Waals surface area (Å²) in [6.45, 7) is 7.39. The Bertz CT molecular complexity index is 699. The van der Waals surface area contributed by atoms with Gasteiger partial charge in [-0.05, 0) is 44.1 Å². The average molecular weight is 488 g/mol. The minimum Gasteiger partial charge on any atom is -0.481 e. The third-order valence-corrected chi connectivity index (χ3v) is 5.16. The summed E-state index contributed by atoms with van der Waals surface area (Å²) >= 11 is 0. The number of carboxylic acids is 2.